The van der Waals surface area contributed by atoms with E-state index in [0.717, 1.165) is 49.5 Å². The largest absolute Gasteiger partial charge is 0.478 e. The summed E-state index contributed by atoms with van der Waals surface area (Å²) in [5.74, 6) is 2.29. The van der Waals surface area contributed by atoms with Gasteiger partial charge in [-0.05, 0) is 13.3 Å². The molecule has 0 atom stereocenters. The molecule has 0 amide bonds. The van der Waals surface area contributed by atoms with Gasteiger partial charge in [0, 0.05) is 55.4 Å². The zero-order valence-corrected chi connectivity index (χ0v) is 16.2. The molecule has 1 aliphatic heterocycles. The van der Waals surface area contributed by atoms with Crippen molar-refractivity contribution in [3.8, 4) is 5.88 Å². The van der Waals surface area contributed by atoms with Gasteiger partial charge in [-0.2, -0.15) is 9.36 Å². The van der Waals surface area contributed by atoms with E-state index < -0.39 is 0 Å². The molecule has 1 saturated heterocycles. The van der Waals surface area contributed by atoms with E-state index in [4.69, 9.17) is 9.72 Å². The first-order valence-electron chi connectivity index (χ1n) is 8.77. The van der Waals surface area contributed by atoms with E-state index in [0.29, 0.717) is 12.5 Å². The lowest BCUT2D eigenvalue weighted by atomic mass is 9.96. The zero-order chi connectivity index (χ0) is 17.9. The van der Waals surface area contributed by atoms with Crippen LogP contribution in [0.5, 0.6) is 5.88 Å². The lowest BCUT2D eigenvalue weighted by Crippen LogP contribution is -2.31. The summed E-state index contributed by atoms with van der Waals surface area (Å²) in [6.45, 7) is 12.7. The van der Waals surface area contributed by atoms with E-state index in [1.807, 2.05) is 6.92 Å². The van der Waals surface area contributed by atoms with Crippen molar-refractivity contribution in [1.82, 2.24) is 19.3 Å². The fourth-order valence-corrected chi connectivity index (χ4v) is 3.58. The first-order chi connectivity index (χ1) is 12.0. The van der Waals surface area contributed by atoms with Crippen LogP contribution in [0.15, 0.2) is 12.3 Å². The van der Waals surface area contributed by atoms with Crippen LogP contribution in [0.4, 0.5) is 11.1 Å². The Morgan fingerprint density at radius 1 is 1.12 bits per heavy atom. The average molecular weight is 363 g/mol. The minimum atomic E-state index is -0.0137. The summed E-state index contributed by atoms with van der Waals surface area (Å²) in [4.78, 5) is 18.2. The number of aromatic nitrogens is 4. The van der Waals surface area contributed by atoms with Gasteiger partial charge in [0.05, 0.1) is 6.61 Å². The summed E-state index contributed by atoms with van der Waals surface area (Å²) < 4.78 is 10.0. The monoisotopic (exact) mass is 362 g/mol. The summed E-state index contributed by atoms with van der Waals surface area (Å²) in [5, 5.41) is 1.01. The van der Waals surface area contributed by atoms with Gasteiger partial charge in [0.1, 0.15) is 5.82 Å². The molecule has 0 aliphatic carbocycles. The molecule has 2 aromatic rings. The number of anilines is 2. The Morgan fingerprint density at radius 2 is 1.88 bits per heavy atom. The summed E-state index contributed by atoms with van der Waals surface area (Å²) in [7, 11) is 0. The summed E-state index contributed by atoms with van der Waals surface area (Å²) in [6.07, 6.45) is 2.79. The van der Waals surface area contributed by atoms with Crippen LogP contribution in [0.1, 0.15) is 39.9 Å². The van der Waals surface area contributed by atoms with Crippen molar-refractivity contribution >= 4 is 22.6 Å². The van der Waals surface area contributed by atoms with Crippen molar-refractivity contribution in [1.29, 1.82) is 0 Å². The molecule has 0 radical (unpaired) electrons. The molecule has 3 rings (SSSR count). The SMILES string of the molecule is CCOc1ccnc(N2CCCN(c3nc(C(C)(C)C)ns3)CC2)n1. The van der Waals surface area contributed by atoms with Crippen LogP contribution in [-0.4, -0.2) is 52.1 Å². The van der Waals surface area contributed by atoms with Gasteiger partial charge >= 0.3 is 0 Å². The lowest BCUT2D eigenvalue weighted by Gasteiger charge is -2.21. The van der Waals surface area contributed by atoms with E-state index in [9.17, 15) is 0 Å². The lowest BCUT2D eigenvalue weighted by molar-refractivity contribution is 0.326. The molecule has 0 N–H and O–H groups in total. The predicted octanol–water partition coefficient (Wildman–Crippen LogP) is 2.74. The van der Waals surface area contributed by atoms with Gasteiger partial charge in [0.25, 0.3) is 0 Å². The van der Waals surface area contributed by atoms with Gasteiger partial charge in [0.2, 0.25) is 17.0 Å². The second-order valence-corrected chi connectivity index (χ2v) is 7.84. The van der Waals surface area contributed by atoms with Crippen molar-refractivity contribution in [3.05, 3.63) is 18.1 Å². The Morgan fingerprint density at radius 3 is 2.60 bits per heavy atom. The minimum absolute atomic E-state index is 0.0137. The zero-order valence-electron chi connectivity index (χ0n) is 15.4. The fraction of sp³-hybridized carbons (Fsp3) is 0.647. The van der Waals surface area contributed by atoms with Crippen molar-refractivity contribution in [2.24, 2.45) is 0 Å². The maximum Gasteiger partial charge on any atom is 0.228 e. The molecule has 8 heteroatoms. The molecule has 0 spiro atoms. The highest BCUT2D eigenvalue weighted by Crippen LogP contribution is 2.26. The number of hydrogen-bond donors (Lipinski definition) is 0. The van der Waals surface area contributed by atoms with Gasteiger partial charge in [0.15, 0.2) is 0 Å². The van der Waals surface area contributed by atoms with Crippen molar-refractivity contribution in [2.45, 2.75) is 39.5 Å². The van der Waals surface area contributed by atoms with Crippen LogP contribution in [-0.2, 0) is 5.41 Å². The average Bonchev–Trinajstić information content (AvgIpc) is 2.95. The molecule has 136 valence electrons. The Kier molecular flexibility index (Phi) is 5.36. The smallest absolute Gasteiger partial charge is 0.228 e. The van der Waals surface area contributed by atoms with Crippen LogP contribution >= 0.6 is 11.5 Å². The fourth-order valence-electron chi connectivity index (χ4n) is 2.67. The van der Waals surface area contributed by atoms with Crippen LogP contribution in [0.25, 0.3) is 0 Å². The molecule has 7 nitrogen and oxygen atoms in total. The molecule has 1 fully saturated rings. The molecule has 2 aromatic heterocycles. The van der Waals surface area contributed by atoms with Gasteiger partial charge in [-0.25, -0.2) is 9.97 Å². The highest BCUT2D eigenvalue weighted by molar-refractivity contribution is 7.09. The summed E-state index contributed by atoms with van der Waals surface area (Å²) in [6, 6.07) is 1.80. The van der Waals surface area contributed by atoms with Crippen LogP contribution in [0.3, 0.4) is 0 Å². The molecule has 0 saturated carbocycles. The van der Waals surface area contributed by atoms with Crippen LogP contribution < -0.4 is 14.5 Å². The maximum atomic E-state index is 5.49. The molecule has 25 heavy (non-hydrogen) atoms. The van der Waals surface area contributed by atoms with E-state index >= 15 is 0 Å². The summed E-state index contributed by atoms with van der Waals surface area (Å²) in [5.41, 5.74) is -0.0137. The molecule has 1 aliphatic rings. The minimum Gasteiger partial charge on any atom is -0.478 e. The molecular weight excluding hydrogens is 336 g/mol. The van der Waals surface area contributed by atoms with Gasteiger partial charge in [-0.1, -0.05) is 20.8 Å². The number of ether oxygens (including phenoxy) is 1. The predicted molar refractivity (Wildman–Crippen MR) is 101 cm³/mol. The first-order valence-corrected chi connectivity index (χ1v) is 9.54. The quantitative estimate of drug-likeness (QED) is 0.828. The third-order valence-electron chi connectivity index (χ3n) is 4.04. The van der Waals surface area contributed by atoms with Crippen molar-refractivity contribution in [3.63, 3.8) is 0 Å². The van der Waals surface area contributed by atoms with Gasteiger partial charge in [-0.15, -0.1) is 0 Å². The molecule has 0 aromatic carbocycles. The van der Waals surface area contributed by atoms with Crippen molar-refractivity contribution in [2.75, 3.05) is 42.6 Å². The van der Waals surface area contributed by atoms with E-state index in [-0.39, 0.29) is 5.41 Å². The molecule has 3 heterocycles. The van der Waals surface area contributed by atoms with E-state index in [1.165, 1.54) is 11.5 Å². The topological polar surface area (TPSA) is 67.3 Å². The third kappa shape index (κ3) is 4.36. The third-order valence-corrected chi connectivity index (χ3v) is 4.82. The maximum absolute atomic E-state index is 5.49. The standard InChI is InChI=1S/C17H26N6OS/c1-5-24-13-7-8-18-15(19-13)22-9-6-10-23(12-11-22)16-20-14(21-25-16)17(2,3)4/h7-8H,5-6,9-12H2,1-4H3. The Labute approximate surface area is 153 Å². The molecule has 0 bridgehead atoms. The highest BCUT2D eigenvalue weighted by Gasteiger charge is 2.23. The van der Waals surface area contributed by atoms with Crippen LogP contribution in [0.2, 0.25) is 0 Å². The van der Waals surface area contributed by atoms with E-state index in [1.54, 1.807) is 12.3 Å². The van der Waals surface area contributed by atoms with Crippen LogP contribution in [0, 0.1) is 0 Å². The van der Waals surface area contributed by atoms with E-state index in [2.05, 4.69) is 44.9 Å². The first kappa shape index (κ1) is 17.8. The Hall–Kier alpha value is -1.96. The number of hydrogen-bond acceptors (Lipinski definition) is 8. The second-order valence-electron chi connectivity index (χ2n) is 7.11. The van der Waals surface area contributed by atoms with Gasteiger partial charge < -0.3 is 14.5 Å². The number of nitrogens with zero attached hydrogens (tertiary/aromatic N) is 6. The Balaban J connectivity index is 1.68. The van der Waals surface area contributed by atoms with Gasteiger partial charge in [-0.3, -0.25) is 0 Å². The highest BCUT2D eigenvalue weighted by atomic mass is 32.1. The van der Waals surface area contributed by atoms with Crippen molar-refractivity contribution < 1.29 is 4.74 Å². The molecule has 0 unspecified atom stereocenters. The molecular formula is C17H26N6OS. The second kappa shape index (κ2) is 7.51. The Bertz CT molecular complexity index is 698. The normalized spacial score (nSPS) is 16.0. The number of rotatable bonds is 4. The summed E-state index contributed by atoms with van der Waals surface area (Å²) >= 11 is 1.49.